The molecule has 0 radical (unpaired) electrons. The topological polar surface area (TPSA) is 9.49 Å². The molecule has 0 aromatic carbocycles. The van der Waals surface area contributed by atoms with E-state index in [0.717, 1.165) is 24.9 Å². The van der Waals surface area contributed by atoms with Crippen LogP contribution in [0.25, 0.3) is 0 Å². The van der Waals surface area contributed by atoms with Crippen LogP contribution in [0.15, 0.2) is 0 Å². The van der Waals surface area contributed by atoms with E-state index in [1.165, 1.54) is 19.4 Å². The van der Waals surface area contributed by atoms with Gasteiger partial charge in [-0.1, -0.05) is 0 Å². The highest BCUT2D eigenvalue weighted by molar-refractivity contribution is 6.63. The Balaban J connectivity index is 0.00000196. The first kappa shape index (κ1) is 15.0. The Labute approximate surface area is 104 Å². The zero-order valence-electron chi connectivity index (χ0n) is 9.84. The molecule has 3 nitrogen and oxygen atoms in total. The number of rotatable bonds is 5. The summed E-state index contributed by atoms with van der Waals surface area (Å²) in [6.07, 6.45) is 2.47. The number of likely N-dealkylation sites (N-methyl/N-ethyl adjacent to an activating group) is 1. The normalized spacial score (nSPS) is 16.2. The van der Waals surface area contributed by atoms with Crippen molar-refractivity contribution in [2.24, 2.45) is 0 Å². The molecule has 0 spiro atoms. The Morgan fingerprint density at radius 2 is 2.07 bits per heavy atom. The molecule has 5 heteroatoms. The molecule has 0 saturated heterocycles. The Bertz CT molecular complexity index is 217. The van der Waals surface area contributed by atoms with Crippen LogP contribution in [-0.2, 0) is 0 Å². The second-order valence-electron chi connectivity index (χ2n) is 4.19. The molecule has 0 fully saturated rings. The number of unbranched alkanes of at least 4 members (excludes halogenated alkanes) is 1. The van der Waals surface area contributed by atoms with E-state index in [1.807, 2.05) is 7.05 Å². The molecule has 0 amide bonds. The molecule has 0 N–H and O–H groups in total. The molecule has 1 aliphatic rings. The summed E-state index contributed by atoms with van der Waals surface area (Å²) < 4.78 is 2.10. The summed E-state index contributed by atoms with van der Waals surface area (Å²) in [5, 5.41) is 0.912. The molecule has 90 valence electrons. The predicted octanol–water partition coefficient (Wildman–Crippen LogP) is -2.12. The minimum absolute atomic E-state index is 0. The highest BCUT2D eigenvalue weighted by Gasteiger charge is 2.25. The van der Waals surface area contributed by atoms with Gasteiger partial charge in [-0.15, -0.1) is 0 Å². The largest absolute Gasteiger partial charge is 1.00 e. The minimum atomic E-state index is 0. The molecule has 0 unspecified atom stereocenters. The van der Waals surface area contributed by atoms with Crippen LogP contribution in [0.3, 0.4) is 0 Å². The number of hydrogen-bond donors (Lipinski definition) is 0. The second-order valence-corrected chi connectivity index (χ2v) is 4.53. The lowest BCUT2D eigenvalue weighted by atomic mass is 10.3. The first-order valence-electron chi connectivity index (χ1n) is 5.24. The summed E-state index contributed by atoms with van der Waals surface area (Å²) in [7, 11) is 6.27. The van der Waals surface area contributed by atoms with Crippen molar-refractivity contribution in [1.29, 1.82) is 0 Å². The Morgan fingerprint density at radius 3 is 2.53 bits per heavy atom. The fraction of sp³-hybridized carbons (Fsp3) is 0.900. The van der Waals surface area contributed by atoms with E-state index in [4.69, 9.17) is 11.6 Å². The van der Waals surface area contributed by atoms with Crippen molar-refractivity contribution in [1.82, 2.24) is 9.80 Å². The van der Waals surface area contributed by atoms with E-state index in [1.54, 1.807) is 0 Å². The van der Waals surface area contributed by atoms with E-state index in [0.29, 0.717) is 0 Å². The highest BCUT2D eigenvalue weighted by atomic mass is 35.5. The summed E-state index contributed by atoms with van der Waals surface area (Å²) in [6.45, 7) is 4.40. The van der Waals surface area contributed by atoms with Gasteiger partial charge in [-0.05, 0) is 33.5 Å². The van der Waals surface area contributed by atoms with Crippen LogP contribution in [0.4, 0.5) is 0 Å². The summed E-state index contributed by atoms with van der Waals surface area (Å²) in [6, 6.07) is 0. The van der Waals surface area contributed by atoms with E-state index < -0.39 is 0 Å². The van der Waals surface area contributed by atoms with E-state index in [2.05, 4.69) is 28.5 Å². The molecule has 0 aromatic rings. The third-order valence-corrected chi connectivity index (χ3v) is 3.09. The van der Waals surface area contributed by atoms with Gasteiger partial charge in [-0.3, -0.25) is 4.58 Å². The van der Waals surface area contributed by atoms with Crippen LogP contribution < -0.4 is 12.4 Å². The summed E-state index contributed by atoms with van der Waals surface area (Å²) in [5.41, 5.74) is 0. The van der Waals surface area contributed by atoms with Gasteiger partial charge in [0, 0.05) is 11.6 Å². The zero-order chi connectivity index (χ0) is 10.6. The van der Waals surface area contributed by atoms with Crippen molar-refractivity contribution in [2.45, 2.75) is 12.8 Å². The standard InChI is InChI=1S/C10H21ClN3.ClH/c1-12(2)6-4-5-7-14-9-8-13(3)10(14)11;/h4-9H2,1-3H3;1H/q+1;/p-1. The maximum absolute atomic E-state index is 6.13. The molecular weight excluding hydrogens is 233 g/mol. The van der Waals surface area contributed by atoms with Crippen LogP contribution in [0.5, 0.6) is 0 Å². The van der Waals surface area contributed by atoms with E-state index in [9.17, 15) is 0 Å². The van der Waals surface area contributed by atoms with Gasteiger partial charge in [-0.25, -0.2) is 4.90 Å². The average Bonchev–Trinajstić information content (AvgIpc) is 2.43. The van der Waals surface area contributed by atoms with Crippen LogP contribution in [-0.4, -0.2) is 67.0 Å². The van der Waals surface area contributed by atoms with Crippen molar-refractivity contribution in [3.8, 4) is 0 Å². The summed E-state index contributed by atoms with van der Waals surface area (Å²) in [4.78, 5) is 4.48. The van der Waals surface area contributed by atoms with Gasteiger partial charge in [0.15, 0.2) is 0 Å². The summed E-state index contributed by atoms with van der Waals surface area (Å²) in [5.74, 6) is 0. The molecule has 1 aliphatic heterocycles. The van der Waals surface area contributed by atoms with Crippen molar-refractivity contribution < 1.29 is 17.0 Å². The first-order valence-corrected chi connectivity index (χ1v) is 5.62. The van der Waals surface area contributed by atoms with Crippen LogP contribution in [0.1, 0.15) is 12.8 Å². The fourth-order valence-corrected chi connectivity index (χ4v) is 1.88. The van der Waals surface area contributed by atoms with Gasteiger partial charge < -0.3 is 17.3 Å². The smallest absolute Gasteiger partial charge is 0.345 e. The number of halogens is 2. The predicted molar refractivity (Wildman–Crippen MR) is 61.3 cm³/mol. The number of nitrogens with zero attached hydrogens (tertiary/aromatic N) is 3. The molecular formula is C10H21Cl2N3. The fourth-order valence-electron chi connectivity index (χ4n) is 1.63. The number of hydrogen-bond acceptors (Lipinski definition) is 2. The van der Waals surface area contributed by atoms with E-state index >= 15 is 0 Å². The molecule has 0 aliphatic carbocycles. The average molecular weight is 254 g/mol. The van der Waals surface area contributed by atoms with Crippen molar-refractivity contribution >= 4 is 16.9 Å². The third-order valence-electron chi connectivity index (χ3n) is 2.56. The SMILES string of the molecule is CN(C)CCCCN1CC[N+](C)=C1Cl.[Cl-]. The van der Waals surface area contributed by atoms with Gasteiger partial charge in [0.25, 0.3) is 0 Å². The van der Waals surface area contributed by atoms with E-state index in [-0.39, 0.29) is 12.4 Å². The maximum atomic E-state index is 6.13. The van der Waals surface area contributed by atoms with Crippen LogP contribution >= 0.6 is 11.6 Å². The van der Waals surface area contributed by atoms with Crippen molar-refractivity contribution in [3.05, 3.63) is 0 Å². The number of amidine groups is 1. The first-order chi connectivity index (χ1) is 6.61. The van der Waals surface area contributed by atoms with Crippen LogP contribution in [0.2, 0.25) is 0 Å². The zero-order valence-corrected chi connectivity index (χ0v) is 11.4. The lowest BCUT2D eigenvalue weighted by molar-refractivity contribution is -0.484. The van der Waals surface area contributed by atoms with Gasteiger partial charge in [-0.2, -0.15) is 0 Å². The third kappa shape index (κ3) is 5.05. The van der Waals surface area contributed by atoms with Gasteiger partial charge in [0.2, 0.25) is 0 Å². The summed E-state index contributed by atoms with van der Waals surface area (Å²) >= 11 is 6.13. The quantitative estimate of drug-likeness (QED) is 0.315. The second kappa shape index (κ2) is 7.31. The lowest BCUT2D eigenvalue weighted by Gasteiger charge is -2.11. The Hall–Kier alpha value is 0.01000. The highest BCUT2D eigenvalue weighted by Crippen LogP contribution is 2.06. The molecule has 0 saturated carbocycles. The Morgan fingerprint density at radius 1 is 1.40 bits per heavy atom. The lowest BCUT2D eigenvalue weighted by Crippen LogP contribution is -3.00. The molecule has 1 rings (SSSR count). The Kier molecular flexibility index (Phi) is 7.32. The van der Waals surface area contributed by atoms with Gasteiger partial charge in [0.1, 0.15) is 13.1 Å². The van der Waals surface area contributed by atoms with Crippen molar-refractivity contribution in [2.75, 3.05) is 47.3 Å². The monoisotopic (exact) mass is 253 g/mol. The molecule has 0 bridgehead atoms. The molecule has 0 aromatic heterocycles. The minimum Gasteiger partial charge on any atom is -1.00 e. The molecule has 15 heavy (non-hydrogen) atoms. The van der Waals surface area contributed by atoms with Crippen molar-refractivity contribution in [3.63, 3.8) is 0 Å². The van der Waals surface area contributed by atoms with Crippen LogP contribution in [0, 0.1) is 0 Å². The van der Waals surface area contributed by atoms with Gasteiger partial charge >= 0.3 is 5.29 Å². The maximum Gasteiger partial charge on any atom is 0.345 e. The molecule has 1 heterocycles. The molecule has 0 atom stereocenters. The van der Waals surface area contributed by atoms with Gasteiger partial charge in [0.05, 0.1) is 13.6 Å².